The summed E-state index contributed by atoms with van der Waals surface area (Å²) in [5.74, 6) is -0.724. The number of aryl methyl sites for hydroxylation is 2. The number of carboxylic acid groups (broad SMARTS) is 1. The highest BCUT2D eigenvalue weighted by Gasteiger charge is 2.36. The number of carbonyl (C=O) groups is 1. The Morgan fingerprint density at radius 3 is 2.79 bits per heavy atom. The maximum Gasteiger partial charge on any atom is 0.320 e. The molecule has 2 atom stereocenters. The highest BCUT2D eigenvalue weighted by Crippen LogP contribution is 2.36. The first-order valence-electron chi connectivity index (χ1n) is 8.60. The lowest BCUT2D eigenvalue weighted by Gasteiger charge is -2.38. The zero-order valence-corrected chi connectivity index (χ0v) is 15.1. The number of likely N-dealkylation sites (tertiary alicyclic amines) is 1. The van der Waals surface area contributed by atoms with E-state index in [0.29, 0.717) is 6.42 Å². The number of aromatic nitrogens is 1. The van der Waals surface area contributed by atoms with Crippen LogP contribution in [0.2, 0.25) is 0 Å². The highest BCUT2D eigenvalue weighted by atomic mass is 32.1. The van der Waals surface area contributed by atoms with Crippen LogP contribution in [0.3, 0.4) is 0 Å². The number of pyridine rings is 1. The lowest BCUT2D eigenvalue weighted by atomic mass is 9.97. The van der Waals surface area contributed by atoms with Gasteiger partial charge in [-0.25, -0.2) is 0 Å². The summed E-state index contributed by atoms with van der Waals surface area (Å²) < 4.78 is 0. The quantitative estimate of drug-likeness (QED) is 0.889. The average Bonchev–Trinajstić information content (AvgIpc) is 3.02. The summed E-state index contributed by atoms with van der Waals surface area (Å²) in [6.07, 6.45) is 5.60. The van der Waals surface area contributed by atoms with Gasteiger partial charge in [0.1, 0.15) is 6.04 Å². The molecule has 0 radical (unpaired) electrons. The normalized spacial score (nSPS) is 20.0. The van der Waals surface area contributed by atoms with Crippen LogP contribution < -0.4 is 0 Å². The van der Waals surface area contributed by atoms with E-state index in [-0.39, 0.29) is 6.04 Å². The molecular weight excluding hydrogens is 320 g/mol. The van der Waals surface area contributed by atoms with Crippen LogP contribution in [-0.2, 0) is 11.2 Å². The largest absolute Gasteiger partial charge is 0.480 e. The van der Waals surface area contributed by atoms with Crippen molar-refractivity contribution in [3.05, 3.63) is 51.5 Å². The van der Waals surface area contributed by atoms with Crippen LogP contribution in [0, 0.1) is 6.92 Å². The lowest BCUT2D eigenvalue weighted by molar-refractivity contribution is -0.145. The first kappa shape index (κ1) is 17.1. The van der Waals surface area contributed by atoms with Gasteiger partial charge in [-0.3, -0.25) is 14.7 Å². The molecule has 1 fully saturated rings. The van der Waals surface area contributed by atoms with Crippen molar-refractivity contribution in [2.24, 2.45) is 0 Å². The monoisotopic (exact) mass is 344 g/mol. The molecule has 0 bridgehead atoms. The Balaban J connectivity index is 2.02. The summed E-state index contributed by atoms with van der Waals surface area (Å²) in [5, 5.41) is 9.68. The van der Waals surface area contributed by atoms with Crippen LogP contribution in [-0.4, -0.2) is 33.5 Å². The second-order valence-corrected chi connectivity index (χ2v) is 7.70. The second-order valence-electron chi connectivity index (χ2n) is 6.38. The average molecular weight is 344 g/mol. The van der Waals surface area contributed by atoms with E-state index in [2.05, 4.69) is 48.0 Å². The van der Waals surface area contributed by atoms with E-state index in [4.69, 9.17) is 0 Å². The van der Waals surface area contributed by atoms with E-state index in [1.54, 1.807) is 11.3 Å². The number of aliphatic carboxylic acids is 1. The SMILES string of the molecule is CCc1ccc(C(c2ccc(C)s2)N2CCCCC2C(=O)O)nc1. The van der Waals surface area contributed by atoms with Gasteiger partial charge in [-0.15, -0.1) is 11.3 Å². The number of thiophene rings is 1. The van der Waals surface area contributed by atoms with E-state index >= 15 is 0 Å². The summed E-state index contributed by atoms with van der Waals surface area (Å²) in [6, 6.07) is 7.89. The molecule has 0 amide bonds. The van der Waals surface area contributed by atoms with Crippen molar-refractivity contribution in [1.82, 2.24) is 9.88 Å². The Labute approximate surface area is 147 Å². The van der Waals surface area contributed by atoms with Crippen molar-refractivity contribution in [2.75, 3.05) is 6.54 Å². The summed E-state index contributed by atoms with van der Waals surface area (Å²) in [7, 11) is 0. The molecule has 1 aliphatic rings. The number of hydrogen-bond donors (Lipinski definition) is 1. The van der Waals surface area contributed by atoms with Crippen molar-refractivity contribution in [1.29, 1.82) is 0 Å². The predicted octanol–water partition coefficient (Wildman–Crippen LogP) is 4.04. The van der Waals surface area contributed by atoms with E-state index in [1.807, 2.05) is 6.20 Å². The van der Waals surface area contributed by atoms with Crippen LogP contribution >= 0.6 is 11.3 Å². The summed E-state index contributed by atoms with van der Waals surface area (Å²) in [6.45, 7) is 5.00. The van der Waals surface area contributed by atoms with Crippen molar-refractivity contribution < 1.29 is 9.90 Å². The minimum absolute atomic E-state index is 0.0731. The van der Waals surface area contributed by atoms with Gasteiger partial charge in [0.15, 0.2) is 0 Å². The molecule has 1 N–H and O–H groups in total. The third-order valence-corrected chi connectivity index (χ3v) is 5.78. The van der Waals surface area contributed by atoms with Crippen LogP contribution in [0.5, 0.6) is 0 Å². The molecule has 0 saturated carbocycles. The van der Waals surface area contributed by atoms with Crippen molar-refractivity contribution in [3.8, 4) is 0 Å². The maximum atomic E-state index is 11.8. The number of rotatable bonds is 5. The Hall–Kier alpha value is -1.72. The van der Waals surface area contributed by atoms with Gasteiger partial charge in [0, 0.05) is 22.5 Å². The predicted molar refractivity (Wildman–Crippen MR) is 96.5 cm³/mol. The molecule has 3 rings (SSSR count). The Kier molecular flexibility index (Phi) is 5.31. The van der Waals surface area contributed by atoms with E-state index in [9.17, 15) is 9.90 Å². The number of piperidine rings is 1. The molecule has 0 spiro atoms. The minimum Gasteiger partial charge on any atom is -0.480 e. The number of nitrogens with zero attached hydrogens (tertiary/aromatic N) is 2. The van der Waals surface area contributed by atoms with Gasteiger partial charge >= 0.3 is 5.97 Å². The Bertz CT molecular complexity index is 696. The minimum atomic E-state index is -0.724. The summed E-state index contributed by atoms with van der Waals surface area (Å²) in [5.41, 5.74) is 2.15. The zero-order chi connectivity index (χ0) is 17.1. The van der Waals surface area contributed by atoms with E-state index in [1.165, 1.54) is 15.3 Å². The molecule has 5 heteroatoms. The number of carboxylic acids is 1. The van der Waals surface area contributed by atoms with Gasteiger partial charge in [-0.1, -0.05) is 19.4 Å². The smallest absolute Gasteiger partial charge is 0.320 e. The van der Waals surface area contributed by atoms with Crippen LogP contribution in [0.4, 0.5) is 0 Å². The molecule has 128 valence electrons. The van der Waals surface area contributed by atoms with Gasteiger partial charge in [0.05, 0.1) is 11.7 Å². The third-order valence-electron chi connectivity index (χ3n) is 4.73. The molecule has 0 aliphatic carbocycles. The van der Waals surface area contributed by atoms with Crippen LogP contribution in [0.15, 0.2) is 30.5 Å². The lowest BCUT2D eigenvalue weighted by Crippen LogP contribution is -2.46. The fraction of sp³-hybridized carbons (Fsp3) is 0.474. The molecular formula is C19H24N2O2S. The summed E-state index contributed by atoms with van der Waals surface area (Å²) >= 11 is 1.73. The van der Waals surface area contributed by atoms with E-state index < -0.39 is 12.0 Å². The van der Waals surface area contributed by atoms with Gasteiger partial charge in [0.25, 0.3) is 0 Å². The van der Waals surface area contributed by atoms with Crippen LogP contribution in [0.1, 0.15) is 53.2 Å². The fourth-order valence-corrected chi connectivity index (χ4v) is 4.43. The molecule has 2 aromatic rings. The third kappa shape index (κ3) is 3.52. The Morgan fingerprint density at radius 1 is 1.38 bits per heavy atom. The van der Waals surface area contributed by atoms with E-state index in [0.717, 1.165) is 31.5 Å². The molecule has 1 saturated heterocycles. The van der Waals surface area contributed by atoms with Crippen LogP contribution in [0.25, 0.3) is 0 Å². The highest BCUT2D eigenvalue weighted by molar-refractivity contribution is 7.12. The molecule has 24 heavy (non-hydrogen) atoms. The van der Waals surface area contributed by atoms with Gasteiger partial charge in [0.2, 0.25) is 0 Å². The van der Waals surface area contributed by atoms with Crippen molar-refractivity contribution in [2.45, 2.75) is 51.6 Å². The molecule has 3 heterocycles. The van der Waals surface area contributed by atoms with Crippen molar-refractivity contribution in [3.63, 3.8) is 0 Å². The topological polar surface area (TPSA) is 53.4 Å². The molecule has 1 aliphatic heterocycles. The molecule has 2 unspecified atom stereocenters. The van der Waals surface area contributed by atoms with Crippen molar-refractivity contribution >= 4 is 17.3 Å². The molecule has 4 nitrogen and oxygen atoms in total. The maximum absolute atomic E-state index is 11.8. The standard InChI is InChI=1S/C19H24N2O2S/c1-3-14-8-9-15(20-12-14)18(17-10-7-13(2)24-17)21-11-5-4-6-16(21)19(22)23/h7-10,12,16,18H,3-6,11H2,1-2H3,(H,22,23). The molecule has 0 aromatic carbocycles. The summed E-state index contributed by atoms with van der Waals surface area (Å²) in [4.78, 5) is 21.0. The number of hydrogen-bond acceptors (Lipinski definition) is 4. The molecule has 2 aromatic heterocycles. The zero-order valence-electron chi connectivity index (χ0n) is 14.2. The second kappa shape index (κ2) is 7.45. The first-order valence-corrected chi connectivity index (χ1v) is 9.41. The Morgan fingerprint density at radius 2 is 2.21 bits per heavy atom. The van der Waals surface area contributed by atoms with Gasteiger partial charge < -0.3 is 5.11 Å². The first-order chi connectivity index (χ1) is 11.6. The van der Waals surface area contributed by atoms with Gasteiger partial charge in [-0.2, -0.15) is 0 Å². The van der Waals surface area contributed by atoms with Gasteiger partial charge in [-0.05, 0) is 49.9 Å². The fourth-order valence-electron chi connectivity index (χ4n) is 3.41.